The van der Waals surface area contributed by atoms with Gasteiger partial charge in [-0.1, -0.05) is 16.8 Å². The third-order valence-electron chi connectivity index (χ3n) is 2.50. The van der Waals surface area contributed by atoms with E-state index in [9.17, 15) is 14.9 Å². The van der Waals surface area contributed by atoms with E-state index in [4.69, 9.17) is 16.7 Å². The van der Waals surface area contributed by atoms with Gasteiger partial charge in [-0.15, -0.1) is 5.10 Å². The molecule has 110 valence electrons. The molecule has 0 aliphatic rings. The third-order valence-corrected chi connectivity index (χ3v) is 2.73. The number of nitrogens with one attached hydrogen (secondary N) is 1. The summed E-state index contributed by atoms with van der Waals surface area (Å²) in [7, 11) is 0. The average molecular weight is 312 g/mol. The van der Waals surface area contributed by atoms with Gasteiger partial charge in [0, 0.05) is 11.1 Å². The first kappa shape index (κ1) is 14.7. The SMILES string of the molecule is O=C(O)Cn1cc(CNc2ccc(Cl)cc2[N+](=O)[O-])nn1. The van der Waals surface area contributed by atoms with Crippen LogP contribution in [0.3, 0.4) is 0 Å². The van der Waals surface area contributed by atoms with Crippen LogP contribution in [0.4, 0.5) is 11.4 Å². The smallest absolute Gasteiger partial charge is 0.325 e. The van der Waals surface area contributed by atoms with Crippen molar-refractivity contribution >= 4 is 28.9 Å². The van der Waals surface area contributed by atoms with Gasteiger partial charge >= 0.3 is 5.97 Å². The first-order chi connectivity index (χ1) is 9.95. The van der Waals surface area contributed by atoms with Crippen molar-refractivity contribution in [2.75, 3.05) is 5.32 Å². The van der Waals surface area contributed by atoms with Crippen LogP contribution in [0.2, 0.25) is 5.02 Å². The van der Waals surface area contributed by atoms with Crippen molar-refractivity contribution in [1.29, 1.82) is 0 Å². The van der Waals surface area contributed by atoms with Gasteiger partial charge in [0.15, 0.2) is 0 Å². The number of halogens is 1. The van der Waals surface area contributed by atoms with Crippen LogP contribution in [-0.2, 0) is 17.9 Å². The predicted octanol–water partition coefficient (Wildman–Crippen LogP) is 1.54. The van der Waals surface area contributed by atoms with Crippen LogP contribution in [0.5, 0.6) is 0 Å². The molecular weight excluding hydrogens is 302 g/mol. The number of rotatable bonds is 6. The maximum atomic E-state index is 10.9. The molecule has 2 aromatic rings. The molecule has 1 aromatic carbocycles. The highest BCUT2D eigenvalue weighted by Crippen LogP contribution is 2.27. The Morgan fingerprint density at radius 3 is 2.95 bits per heavy atom. The van der Waals surface area contributed by atoms with E-state index < -0.39 is 10.9 Å². The molecule has 21 heavy (non-hydrogen) atoms. The van der Waals surface area contributed by atoms with Gasteiger partial charge in [0.1, 0.15) is 17.9 Å². The molecule has 0 spiro atoms. The highest BCUT2D eigenvalue weighted by atomic mass is 35.5. The summed E-state index contributed by atoms with van der Waals surface area (Å²) < 4.78 is 1.16. The number of carboxylic acid groups (broad SMARTS) is 1. The summed E-state index contributed by atoms with van der Waals surface area (Å²) in [6, 6.07) is 4.26. The highest BCUT2D eigenvalue weighted by molar-refractivity contribution is 6.30. The molecule has 0 amide bonds. The van der Waals surface area contributed by atoms with E-state index in [-0.39, 0.29) is 29.5 Å². The van der Waals surface area contributed by atoms with E-state index in [0.29, 0.717) is 5.69 Å². The van der Waals surface area contributed by atoms with Gasteiger partial charge in [0.05, 0.1) is 17.7 Å². The summed E-state index contributed by atoms with van der Waals surface area (Å²) in [5, 5.41) is 30.0. The van der Waals surface area contributed by atoms with Crippen LogP contribution in [0.25, 0.3) is 0 Å². The van der Waals surface area contributed by atoms with Gasteiger partial charge in [-0.3, -0.25) is 14.9 Å². The molecule has 0 radical (unpaired) electrons. The molecule has 0 fully saturated rings. The zero-order chi connectivity index (χ0) is 15.4. The van der Waals surface area contributed by atoms with Gasteiger partial charge in [0.2, 0.25) is 0 Å². The summed E-state index contributed by atoms with van der Waals surface area (Å²) >= 11 is 5.72. The van der Waals surface area contributed by atoms with Crippen molar-refractivity contribution in [3.05, 3.63) is 45.2 Å². The Morgan fingerprint density at radius 2 is 2.29 bits per heavy atom. The van der Waals surface area contributed by atoms with Crippen LogP contribution in [-0.4, -0.2) is 31.0 Å². The predicted molar refractivity (Wildman–Crippen MR) is 73.1 cm³/mol. The van der Waals surface area contributed by atoms with E-state index in [1.54, 1.807) is 0 Å². The van der Waals surface area contributed by atoms with Crippen molar-refractivity contribution < 1.29 is 14.8 Å². The topological polar surface area (TPSA) is 123 Å². The van der Waals surface area contributed by atoms with Crippen LogP contribution >= 0.6 is 11.6 Å². The monoisotopic (exact) mass is 311 g/mol. The molecule has 0 aliphatic carbocycles. The van der Waals surface area contributed by atoms with Crippen molar-refractivity contribution in [2.24, 2.45) is 0 Å². The molecule has 10 heteroatoms. The molecule has 1 heterocycles. The molecule has 0 atom stereocenters. The standard InChI is InChI=1S/C11H10ClN5O4/c12-7-1-2-9(10(3-7)17(20)21)13-4-8-5-16(15-14-8)6-11(18)19/h1-3,5,13H,4,6H2,(H,18,19). The first-order valence-electron chi connectivity index (χ1n) is 5.74. The maximum Gasteiger partial charge on any atom is 0.325 e. The lowest BCUT2D eigenvalue weighted by molar-refractivity contribution is -0.383. The minimum atomic E-state index is -1.03. The van der Waals surface area contributed by atoms with Crippen LogP contribution in [0.15, 0.2) is 24.4 Å². The van der Waals surface area contributed by atoms with E-state index in [1.165, 1.54) is 24.4 Å². The molecule has 0 bridgehead atoms. The number of anilines is 1. The second-order valence-electron chi connectivity index (χ2n) is 4.07. The molecule has 0 saturated heterocycles. The lowest BCUT2D eigenvalue weighted by atomic mass is 10.2. The molecule has 0 aliphatic heterocycles. The number of aliphatic carboxylic acids is 1. The maximum absolute atomic E-state index is 10.9. The number of aromatic nitrogens is 3. The Hall–Kier alpha value is -2.68. The summed E-state index contributed by atoms with van der Waals surface area (Å²) in [6.07, 6.45) is 1.45. The van der Waals surface area contributed by atoms with Crippen LogP contribution in [0, 0.1) is 10.1 Å². The molecule has 2 N–H and O–H groups in total. The summed E-state index contributed by atoms with van der Waals surface area (Å²) in [6.45, 7) is -0.129. The number of carbonyl (C=O) groups is 1. The van der Waals surface area contributed by atoms with Gasteiger partial charge in [-0.25, -0.2) is 4.68 Å². The van der Waals surface area contributed by atoms with Crippen LogP contribution < -0.4 is 5.32 Å². The average Bonchev–Trinajstić information content (AvgIpc) is 2.83. The number of nitro benzene ring substituents is 1. The molecule has 9 nitrogen and oxygen atoms in total. The van der Waals surface area contributed by atoms with Gasteiger partial charge in [0.25, 0.3) is 5.69 Å². The Balaban J connectivity index is 2.08. The molecule has 1 aromatic heterocycles. The number of nitrogens with zero attached hydrogens (tertiary/aromatic N) is 4. The fraction of sp³-hybridized carbons (Fsp3) is 0.182. The summed E-state index contributed by atoms with van der Waals surface area (Å²) in [4.78, 5) is 20.9. The number of nitro groups is 1. The number of carboxylic acids is 1. The number of hydrogen-bond donors (Lipinski definition) is 2. The minimum absolute atomic E-state index is 0.152. The highest BCUT2D eigenvalue weighted by Gasteiger charge is 2.14. The van der Waals surface area contributed by atoms with E-state index >= 15 is 0 Å². The normalized spacial score (nSPS) is 10.3. The quantitative estimate of drug-likeness (QED) is 0.612. The summed E-state index contributed by atoms with van der Waals surface area (Å²) in [5.74, 6) is -1.03. The van der Waals surface area contributed by atoms with Crippen molar-refractivity contribution in [3.63, 3.8) is 0 Å². The van der Waals surface area contributed by atoms with Gasteiger partial charge in [-0.05, 0) is 12.1 Å². The van der Waals surface area contributed by atoms with Gasteiger partial charge < -0.3 is 10.4 Å². The van der Waals surface area contributed by atoms with E-state index in [1.807, 2.05) is 0 Å². The van der Waals surface area contributed by atoms with Gasteiger partial charge in [-0.2, -0.15) is 0 Å². The Labute approximate surface area is 123 Å². The Morgan fingerprint density at radius 1 is 1.52 bits per heavy atom. The molecular formula is C11H10ClN5O4. The second-order valence-corrected chi connectivity index (χ2v) is 4.51. The first-order valence-corrected chi connectivity index (χ1v) is 6.12. The van der Waals surface area contributed by atoms with Crippen molar-refractivity contribution in [2.45, 2.75) is 13.1 Å². The number of benzene rings is 1. The fourth-order valence-electron chi connectivity index (χ4n) is 1.63. The van der Waals surface area contributed by atoms with Crippen molar-refractivity contribution in [1.82, 2.24) is 15.0 Å². The second kappa shape index (κ2) is 6.18. The summed E-state index contributed by atoms with van der Waals surface area (Å²) in [5.41, 5.74) is 0.595. The molecule has 0 unspecified atom stereocenters. The Bertz CT molecular complexity index is 687. The fourth-order valence-corrected chi connectivity index (χ4v) is 1.79. The lowest BCUT2D eigenvalue weighted by Gasteiger charge is -2.05. The van der Waals surface area contributed by atoms with E-state index in [2.05, 4.69) is 15.6 Å². The minimum Gasteiger partial charge on any atom is -0.480 e. The zero-order valence-corrected chi connectivity index (χ0v) is 11.3. The third kappa shape index (κ3) is 3.89. The van der Waals surface area contributed by atoms with Crippen LogP contribution in [0.1, 0.15) is 5.69 Å². The zero-order valence-electron chi connectivity index (χ0n) is 10.6. The molecule has 2 rings (SSSR count). The molecule has 0 saturated carbocycles. The van der Waals surface area contributed by atoms with E-state index in [0.717, 1.165) is 4.68 Å². The lowest BCUT2D eigenvalue weighted by Crippen LogP contribution is -2.09. The Kier molecular flexibility index (Phi) is 4.33. The largest absolute Gasteiger partial charge is 0.480 e. The van der Waals surface area contributed by atoms with Crippen molar-refractivity contribution in [3.8, 4) is 0 Å². The number of hydrogen-bond acceptors (Lipinski definition) is 6.